The molecule has 1 N–H and O–H groups in total. The van der Waals surface area contributed by atoms with E-state index in [4.69, 9.17) is 4.74 Å². The van der Waals surface area contributed by atoms with Gasteiger partial charge in [-0.2, -0.15) is 0 Å². The van der Waals surface area contributed by atoms with E-state index in [9.17, 15) is 4.79 Å². The number of ether oxygens (including phenoxy) is 1. The van der Waals surface area contributed by atoms with Gasteiger partial charge in [0.25, 0.3) is 5.91 Å². The van der Waals surface area contributed by atoms with Crippen molar-refractivity contribution in [1.29, 1.82) is 0 Å². The Labute approximate surface area is 162 Å². The zero-order chi connectivity index (χ0) is 18.5. The number of rotatable bonds is 5. The molecule has 0 spiro atoms. The normalized spacial score (nSPS) is 23.3. The van der Waals surface area contributed by atoms with Crippen LogP contribution in [0, 0.1) is 0 Å². The minimum absolute atomic E-state index is 0.0426. The first-order valence-corrected chi connectivity index (χ1v) is 10.6. The Morgan fingerprint density at radius 2 is 1.78 bits per heavy atom. The van der Waals surface area contributed by atoms with E-state index in [1.165, 1.54) is 32.1 Å². The van der Waals surface area contributed by atoms with E-state index in [2.05, 4.69) is 20.1 Å². The smallest absolute Gasteiger partial charge is 0.270 e. The van der Waals surface area contributed by atoms with Crippen LogP contribution in [-0.2, 0) is 4.74 Å². The molecule has 148 valence electrons. The molecule has 4 rings (SSSR count). The Morgan fingerprint density at radius 3 is 2.52 bits per heavy atom. The van der Waals surface area contributed by atoms with E-state index < -0.39 is 0 Å². The number of anilines is 1. The van der Waals surface area contributed by atoms with Crippen LogP contribution in [0.1, 0.15) is 55.4 Å². The van der Waals surface area contributed by atoms with Crippen molar-refractivity contribution in [2.24, 2.45) is 0 Å². The molecule has 3 saturated heterocycles. The van der Waals surface area contributed by atoms with Crippen LogP contribution in [0.25, 0.3) is 0 Å². The summed E-state index contributed by atoms with van der Waals surface area (Å²) in [5.74, 6) is -0.0566. The van der Waals surface area contributed by atoms with Crippen LogP contribution < -0.4 is 10.2 Å². The molecule has 6 heteroatoms. The third kappa shape index (κ3) is 4.27. The number of nitrogens with one attached hydrogen (secondary N) is 1. The van der Waals surface area contributed by atoms with Gasteiger partial charge >= 0.3 is 0 Å². The molecule has 4 heterocycles. The highest BCUT2D eigenvalue weighted by Crippen LogP contribution is 2.30. The SMILES string of the molecule is O=C(NCC1(N2CCCCC2)CCOCC1)c1cc(N2CCCC2)ccn1. The number of hydrogen-bond donors (Lipinski definition) is 1. The predicted molar refractivity (Wildman–Crippen MR) is 106 cm³/mol. The van der Waals surface area contributed by atoms with Crippen LogP contribution in [0.2, 0.25) is 0 Å². The van der Waals surface area contributed by atoms with Gasteiger partial charge in [0, 0.05) is 50.3 Å². The minimum atomic E-state index is -0.0566. The first kappa shape index (κ1) is 18.7. The second-order valence-electron chi connectivity index (χ2n) is 8.16. The molecule has 0 bridgehead atoms. The molecule has 6 nitrogen and oxygen atoms in total. The van der Waals surface area contributed by atoms with Crippen LogP contribution in [0.4, 0.5) is 5.69 Å². The van der Waals surface area contributed by atoms with Gasteiger partial charge in [0.15, 0.2) is 0 Å². The summed E-state index contributed by atoms with van der Waals surface area (Å²) in [5.41, 5.74) is 1.69. The predicted octanol–water partition coefficient (Wildman–Crippen LogP) is 2.45. The zero-order valence-corrected chi connectivity index (χ0v) is 16.3. The first-order valence-electron chi connectivity index (χ1n) is 10.6. The molecule has 0 unspecified atom stereocenters. The second-order valence-corrected chi connectivity index (χ2v) is 8.16. The average Bonchev–Trinajstić information content (AvgIpc) is 3.28. The number of hydrogen-bond acceptors (Lipinski definition) is 5. The number of carbonyl (C=O) groups excluding carboxylic acids is 1. The molecule has 0 radical (unpaired) electrons. The van der Waals surface area contributed by atoms with Gasteiger partial charge in [0.05, 0.1) is 0 Å². The standard InChI is InChI=1S/C21H32N4O2/c26-20(19-16-18(6-9-22-19)24-10-4-5-11-24)23-17-21(7-14-27-15-8-21)25-12-2-1-3-13-25/h6,9,16H,1-5,7-8,10-15,17H2,(H,23,26). The lowest BCUT2D eigenvalue weighted by Crippen LogP contribution is -2.59. The van der Waals surface area contributed by atoms with Gasteiger partial charge in [-0.05, 0) is 63.7 Å². The lowest BCUT2D eigenvalue weighted by Gasteiger charge is -2.48. The zero-order valence-electron chi connectivity index (χ0n) is 16.3. The highest BCUT2D eigenvalue weighted by atomic mass is 16.5. The molecule has 0 saturated carbocycles. The second kappa shape index (κ2) is 8.57. The Morgan fingerprint density at radius 1 is 1.07 bits per heavy atom. The highest BCUT2D eigenvalue weighted by Gasteiger charge is 2.39. The largest absolute Gasteiger partial charge is 0.381 e. The summed E-state index contributed by atoms with van der Waals surface area (Å²) < 4.78 is 5.62. The number of amides is 1. The number of likely N-dealkylation sites (tertiary alicyclic amines) is 1. The third-order valence-corrected chi connectivity index (χ3v) is 6.48. The van der Waals surface area contributed by atoms with Crippen molar-refractivity contribution >= 4 is 11.6 Å². The van der Waals surface area contributed by atoms with Gasteiger partial charge in [-0.3, -0.25) is 14.7 Å². The van der Waals surface area contributed by atoms with Crippen LogP contribution in [0.5, 0.6) is 0 Å². The molecule has 0 aromatic carbocycles. The van der Waals surface area contributed by atoms with Crippen LogP contribution in [0.3, 0.4) is 0 Å². The first-order chi connectivity index (χ1) is 13.3. The lowest BCUT2D eigenvalue weighted by atomic mass is 9.86. The Kier molecular flexibility index (Phi) is 5.93. The summed E-state index contributed by atoms with van der Waals surface area (Å²) in [6.07, 6.45) is 10.0. The van der Waals surface area contributed by atoms with Gasteiger partial charge in [-0.1, -0.05) is 6.42 Å². The maximum Gasteiger partial charge on any atom is 0.270 e. The van der Waals surface area contributed by atoms with E-state index in [0.29, 0.717) is 12.2 Å². The Hall–Kier alpha value is -1.66. The van der Waals surface area contributed by atoms with E-state index in [1.54, 1.807) is 6.20 Å². The molecule has 1 amide bonds. The van der Waals surface area contributed by atoms with Gasteiger partial charge < -0.3 is 15.0 Å². The molecule has 3 fully saturated rings. The van der Waals surface area contributed by atoms with E-state index in [0.717, 1.165) is 57.9 Å². The van der Waals surface area contributed by atoms with Crippen molar-refractivity contribution in [2.75, 3.05) is 50.8 Å². The molecule has 3 aliphatic heterocycles. The Balaban J connectivity index is 1.42. The summed E-state index contributed by atoms with van der Waals surface area (Å²) in [4.78, 5) is 22.1. The van der Waals surface area contributed by atoms with Gasteiger partial charge in [-0.25, -0.2) is 0 Å². The molecular weight excluding hydrogens is 340 g/mol. The lowest BCUT2D eigenvalue weighted by molar-refractivity contribution is -0.0349. The quantitative estimate of drug-likeness (QED) is 0.860. The average molecular weight is 373 g/mol. The number of piperidine rings is 1. The monoisotopic (exact) mass is 372 g/mol. The maximum absolute atomic E-state index is 12.8. The fraction of sp³-hybridized carbons (Fsp3) is 0.714. The summed E-state index contributed by atoms with van der Waals surface area (Å²) in [6.45, 7) is 6.68. The molecular formula is C21H32N4O2. The van der Waals surface area contributed by atoms with Crippen molar-refractivity contribution in [1.82, 2.24) is 15.2 Å². The van der Waals surface area contributed by atoms with Gasteiger partial charge in [0.1, 0.15) is 5.69 Å². The molecule has 1 aromatic heterocycles. The van der Waals surface area contributed by atoms with Crippen molar-refractivity contribution in [3.05, 3.63) is 24.0 Å². The van der Waals surface area contributed by atoms with Crippen molar-refractivity contribution in [3.8, 4) is 0 Å². The fourth-order valence-corrected chi connectivity index (χ4v) is 4.78. The fourth-order valence-electron chi connectivity index (χ4n) is 4.78. The van der Waals surface area contributed by atoms with Crippen molar-refractivity contribution in [2.45, 2.75) is 50.5 Å². The van der Waals surface area contributed by atoms with Crippen molar-refractivity contribution < 1.29 is 9.53 Å². The Bertz CT molecular complexity index is 633. The number of pyridine rings is 1. The van der Waals surface area contributed by atoms with Crippen LogP contribution in [0.15, 0.2) is 18.3 Å². The number of aromatic nitrogens is 1. The summed E-state index contributed by atoms with van der Waals surface area (Å²) in [7, 11) is 0. The van der Waals surface area contributed by atoms with Crippen LogP contribution >= 0.6 is 0 Å². The number of nitrogens with zero attached hydrogens (tertiary/aromatic N) is 3. The summed E-state index contributed by atoms with van der Waals surface area (Å²) in [6, 6.07) is 3.95. The molecule has 0 aliphatic carbocycles. The topological polar surface area (TPSA) is 57.7 Å². The minimum Gasteiger partial charge on any atom is -0.381 e. The summed E-state index contributed by atoms with van der Waals surface area (Å²) >= 11 is 0. The maximum atomic E-state index is 12.8. The molecule has 3 aliphatic rings. The van der Waals surface area contributed by atoms with E-state index in [1.807, 2.05) is 12.1 Å². The molecule has 1 aromatic rings. The van der Waals surface area contributed by atoms with Gasteiger partial charge in [-0.15, -0.1) is 0 Å². The highest BCUT2D eigenvalue weighted by molar-refractivity contribution is 5.93. The molecule has 27 heavy (non-hydrogen) atoms. The van der Waals surface area contributed by atoms with E-state index in [-0.39, 0.29) is 11.4 Å². The van der Waals surface area contributed by atoms with Crippen molar-refractivity contribution in [3.63, 3.8) is 0 Å². The van der Waals surface area contributed by atoms with E-state index >= 15 is 0 Å². The molecule has 0 atom stereocenters. The van der Waals surface area contributed by atoms with Gasteiger partial charge in [0.2, 0.25) is 0 Å². The number of carbonyl (C=O) groups is 1. The van der Waals surface area contributed by atoms with Crippen LogP contribution in [-0.4, -0.2) is 67.3 Å². The summed E-state index contributed by atoms with van der Waals surface area (Å²) in [5, 5.41) is 3.21. The third-order valence-electron chi connectivity index (χ3n) is 6.48.